The van der Waals surface area contributed by atoms with E-state index in [0.717, 1.165) is 5.56 Å². The number of aliphatic hydroxyl groups is 1. The highest BCUT2D eigenvalue weighted by Crippen LogP contribution is 2.20. The van der Waals surface area contributed by atoms with E-state index < -0.39 is 41.7 Å². The highest BCUT2D eigenvalue weighted by atomic mass is 16.5. The second kappa shape index (κ2) is 15.4. The Balaban J connectivity index is 1.71. The fourth-order valence-corrected chi connectivity index (χ4v) is 4.22. The lowest BCUT2D eigenvalue weighted by Gasteiger charge is -2.24. The third-order valence-corrected chi connectivity index (χ3v) is 6.34. The molecule has 0 fully saturated rings. The molecule has 9 heteroatoms. The van der Waals surface area contributed by atoms with Crippen LogP contribution in [0.1, 0.15) is 31.2 Å². The van der Waals surface area contributed by atoms with Crippen LogP contribution in [0.2, 0.25) is 0 Å². The van der Waals surface area contributed by atoms with Gasteiger partial charge in [0.1, 0.15) is 18.0 Å². The summed E-state index contributed by atoms with van der Waals surface area (Å²) < 4.78 is 11.5. The molecule has 3 N–H and O–H groups in total. The van der Waals surface area contributed by atoms with E-state index in [0.29, 0.717) is 29.8 Å². The fourth-order valence-electron chi connectivity index (χ4n) is 4.22. The van der Waals surface area contributed by atoms with E-state index in [1.54, 1.807) is 13.0 Å². The van der Waals surface area contributed by atoms with Crippen molar-refractivity contribution >= 4 is 28.9 Å². The van der Waals surface area contributed by atoms with Gasteiger partial charge in [0.05, 0.1) is 18.6 Å². The third kappa shape index (κ3) is 8.91. The number of esters is 1. The van der Waals surface area contributed by atoms with Crippen molar-refractivity contribution < 1.29 is 28.6 Å². The number of rotatable bonds is 16. The van der Waals surface area contributed by atoms with Crippen molar-refractivity contribution in [3.05, 3.63) is 91.4 Å². The second-order valence-corrected chi connectivity index (χ2v) is 9.70. The van der Waals surface area contributed by atoms with Gasteiger partial charge in [0.15, 0.2) is 11.5 Å². The maximum absolute atomic E-state index is 13.2. The van der Waals surface area contributed by atoms with Gasteiger partial charge >= 0.3 is 5.97 Å². The minimum absolute atomic E-state index is 0.101. The van der Waals surface area contributed by atoms with Crippen LogP contribution in [0.25, 0.3) is 11.1 Å². The van der Waals surface area contributed by atoms with Gasteiger partial charge in [-0.05, 0) is 43.9 Å². The van der Waals surface area contributed by atoms with E-state index in [1.807, 2.05) is 54.6 Å². The van der Waals surface area contributed by atoms with Crippen LogP contribution in [0.5, 0.6) is 0 Å². The lowest BCUT2D eigenvalue weighted by molar-refractivity contribution is -0.150. The first-order valence-electron chi connectivity index (χ1n) is 13.3. The van der Waals surface area contributed by atoms with Crippen molar-refractivity contribution in [2.24, 2.45) is 11.8 Å². The summed E-state index contributed by atoms with van der Waals surface area (Å²) in [6.45, 7) is 8.70. The van der Waals surface area contributed by atoms with Crippen LogP contribution in [-0.2, 0) is 32.0 Å². The Bertz CT molecular complexity index is 1260. The standard InChI is InChI=1S/C31H37N3O6/c1-4-11-23(18-28-34-26-15-9-10-16-27(26)40-28)31(38)39-20-24(17-22-13-7-6-8-14-22)33-30(37)25(12-5-2)29(36)32-21(3)19-35/h4-10,13-16,21,23-25,35H,1-2,11-12,17-20H2,3H3,(H,32,36)(H,33,37)/t21-,23+,24-,25?/m0/s1. The summed E-state index contributed by atoms with van der Waals surface area (Å²) in [4.78, 5) is 43.5. The van der Waals surface area contributed by atoms with Crippen molar-refractivity contribution in [1.29, 1.82) is 0 Å². The summed E-state index contributed by atoms with van der Waals surface area (Å²) in [5.41, 5.74) is 2.28. The molecule has 0 aliphatic heterocycles. The molecule has 1 unspecified atom stereocenters. The fraction of sp³-hybridized carbons (Fsp3) is 0.355. The monoisotopic (exact) mass is 547 g/mol. The summed E-state index contributed by atoms with van der Waals surface area (Å²) in [7, 11) is 0. The quantitative estimate of drug-likeness (QED) is 0.142. The van der Waals surface area contributed by atoms with Crippen LogP contribution in [0, 0.1) is 11.8 Å². The molecule has 0 bridgehead atoms. The third-order valence-electron chi connectivity index (χ3n) is 6.34. The SMILES string of the molecule is C=CCC(C(=O)N[C@H](COC(=O)[C@H](CC=C)Cc1nc2ccccc2o1)Cc1ccccc1)C(=O)N[C@@H](C)CO. The Labute approximate surface area is 234 Å². The second-order valence-electron chi connectivity index (χ2n) is 9.70. The molecular weight excluding hydrogens is 510 g/mol. The van der Waals surface area contributed by atoms with Crippen LogP contribution >= 0.6 is 0 Å². The molecule has 9 nitrogen and oxygen atoms in total. The number of hydrogen-bond donors (Lipinski definition) is 3. The van der Waals surface area contributed by atoms with Crippen molar-refractivity contribution in [3.63, 3.8) is 0 Å². The summed E-state index contributed by atoms with van der Waals surface area (Å²) in [6.07, 6.45) is 4.22. The summed E-state index contributed by atoms with van der Waals surface area (Å²) in [5, 5.41) is 14.8. The molecule has 2 amide bonds. The molecule has 4 atom stereocenters. The number of hydrogen-bond acceptors (Lipinski definition) is 7. The number of oxazole rings is 1. The van der Waals surface area contributed by atoms with Crippen LogP contribution < -0.4 is 10.6 Å². The van der Waals surface area contributed by atoms with Gasteiger partial charge in [-0.15, -0.1) is 13.2 Å². The maximum atomic E-state index is 13.2. The van der Waals surface area contributed by atoms with E-state index >= 15 is 0 Å². The number of ether oxygens (including phenoxy) is 1. The number of allylic oxidation sites excluding steroid dienone is 2. The smallest absolute Gasteiger partial charge is 0.309 e. The van der Waals surface area contributed by atoms with Gasteiger partial charge in [-0.2, -0.15) is 0 Å². The first kappa shape index (κ1) is 30.3. The Hall–Kier alpha value is -4.24. The van der Waals surface area contributed by atoms with E-state index in [9.17, 15) is 19.5 Å². The average Bonchev–Trinajstić information content (AvgIpc) is 3.37. The number of aromatic nitrogens is 1. The Morgan fingerprint density at radius 2 is 1.65 bits per heavy atom. The minimum atomic E-state index is -1.05. The van der Waals surface area contributed by atoms with Gasteiger partial charge in [0, 0.05) is 12.5 Å². The van der Waals surface area contributed by atoms with Crippen LogP contribution in [0.3, 0.4) is 0 Å². The molecule has 0 saturated carbocycles. The Kier molecular flexibility index (Phi) is 11.6. The molecule has 40 heavy (non-hydrogen) atoms. The molecule has 2 aromatic carbocycles. The zero-order valence-corrected chi connectivity index (χ0v) is 22.8. The molecule has 3 rings (SSSR count). The van der Waals surface area contributed by atoms with Crippen molar-refractivity contribution in [2.75, 3.05) is 13.2 Å². The summed E-state index contributed by atoms with van der Waals surface area (Å²) in [6, 6.07) is 15.7. The highest BCUT2D eigenvalue weighted by Gasteiger charge is 2.29. The number of fused-ring (bicyclic) bond motifs is 1. The van der Waals surface area contributed by atoms with Crippen LogP contribution in [0.15, 0.2) is 84.3 Å². The largest absolute Gasteiger partial charge is 0.463 e. The van der Waals surface area contributed by atoms with Crippen molar-refractivity contribution in [2.45, 2.75) is 44.7 Å². The molecule has 3 aromatic rings. The van der Waals surface area contributed by atoms with Gasteiger partial charge in [0.2, 0.25) is 11.8 Å². The summed E-state index contributed by atoms with van der Waals surface area (Å²) >= 11 is 0. The Morgan fingerprint density at radius 3 is 2.33 bits per heavy atom. The molecule has 0 aliphatic carbocycles. The highest BCUT2D eigenvalue weighted by molar-refractivity contribution is 6.00. The Morgan fingerprint density at radius 1 is 0.975 bits per heavy atom. The zero-order valence-electron chi connectivity index (χ0n) is 22.8. The van der Waals surface area contributed by atoms with Gasteiger partial charge < -0.3 is 24.9 Å². The maximum Gasteiger partial charge on any atom is 0.309 e. The predicted octanol–water partition coefficient (Wildman–Crippen LogP) is 3.52. The molecular formula is C31H37N3O6. The molecule has 0 radical (unpaired) electrons. The average molecular weight is 548 g/mol. The summed E-state index contributed by atoms with van der Waals surface area (Å²) in [5.74, 6) is -2.69. The molecule has 1 heterocycles. The minimum Gasteiger partial charge on any atom is -0.463 e. The molecule has 0 aliphatic rings. The number of carbonyl (C=O) groups is 3. The van der Waals surface area contributed by atoms with Gasteiger partial charge in [-0.25, -0.2) is 4.98 Å². The molecule has 0 saturated heterocycles. The lowest BCUT2D eigenvalue weighted by atomic mass is 10.0. The first-order valence-corrected chi connectivity index (χ1v) is 13.3. The number of benzene rings is 2. The molecule has 1 aromatic heterocycles. The normalized spacial score (nSPS) is 13.9. The van der Waals surface area contributed by atoms with Crippen molar-refractivity contribution in [3.8, 4) is 0 Å². The van der Waals surface area contributed by atoms with E-state index in [-0.39, 0.29) is 26.1 Å². The van der Waals surface area contributed by atoms with Crippen molar-refractivity contribution in [1.82, 2.24) is 15.6 Å². The predicted molar refractivity (Wildman–Crippen MR) is 152 cm³/mol. The number of nitrogens with zero attached hydrogens (tertiary/aromatic N) is 1. The topological polar surface area (TPSA) is 131 Å². The zero-order chi connectivity index (χ0) is 28.9. The number of para-hydroxylation sites is 2. The molecule has 0 spiro atoms. The van der Waals surface area contributed by atoms with E-state index in [4.69, 9.17) is 9.15 Å². The van der Waals surface area contributed by atoms with E-state index in [1.165, 1.54) is 6.08 Å². The van der Waals surface area contributed by atoms with Gasteiger partial charge in [0.25, 0.3) is 0 Å². The van der Waals surface area contributed by atoms with Gasteiger partial charge in [-0.1, -0.05) is 54.6 Å². The number of aliphatic hydroxyl groups excluding tert-OH is 1. The first-order chi connectivity index (χ1) is 19.3. The van der Waals surface area contributed by atoms with Crippen LogP contribution in [-0.4, -0.2) is 53.2 Å². The number of nitrogens with one attached hydrogen (secondary N) is 2. The van der Waals surface area contributed by atoms with Crippen LogP contribution in [0.4, 0.5) is 0 Å². The molecule has 212 valence electrons. The number of amides is 2. The van der Waals surface area contributed by atoms with Gasteiger partial charge in [-0.3, -0.25) is 14.4 Å². The van der Waals surface area contributed by atoms with E-state index in [2.05, 4.69) is 28.8 Å². The number of carbonyl (C=O) groups excluding carboxylic acids is 3. The lowest BCUT2D eigenvalue weighted by Crippen LogP contribution is -2.49.